The third-order valence-electron chi connectivity index (χ3n) is 1.75. The molecule has 76 valence electrons. The van der Waals surface area contributed by atoms with Gasteiger partial charge in [-0.25, -0.2) is 4.98 Å². The van der Waals surface area contributed by atoms with E-state index in [-0.39, 0.29) is 5.69 Å². The predicted molar refractivity (Wildman–Crippen MR) is 61.6 cm³/mol. The van der Waals surface area contributed by atoms with Gasteiger partial charge in [-0.05, 0) is 28.1 Å². The van der Waals surface area contributed by atoms with Crippen molar-refractivity contribution in [2.24, 2.45) is 5.73 Å². The number of rotatable bonds is 2. The van der Waals surface area contributed by atoms with E-state index in [9.17, 15) is 4.79 Å². The van der Waals surface area contributed by atoms with Crippen molar-refractivity contribution in [3.8, 4) is 10.6 Å². The van der Waals surface area contributed by atoms with E-state index in [1.54, 1.807) is 12.1 Å². The lowest BCUT2D eigenvalue weighted by molar-refractivity contribution is 0.0996. The minimum Gasteiger partial charge on any atom is -0.364 e. The van der Waals surface area contributed by atoms with Gasteiger partial charge in [0.1, 0.15) is 15.3 Å². The molecule has 0 bridgehead atoms. The van der Waals surface area contributed by atoms with Gasteiger partial charge in [-0.3, -0.25) is 9.78 Å². The number of nitrogens with zero attached hydrogens (tertiary/aromatic N) is 2. The molecule has 6 heteroatoms. The molecule has 0 aliphatic rings. The zero-order valence-corrected chi connectivity index (χ0v) is 9.88. The maximum Gasteiger partial charge on any atom is 0.268 e. The van der Waals surface area contributed by atoms with Crippen LogP contribution in [0.2, 0.25) is 0 Å². The Balaban J connectivity index is 2.57. The predicted octanol–water partition coefficient (Wildman–Crippen LogP) is 2.07. The number of hydrogen-bond donors (Lipinski definition) is 1. The highest BCUT2D eigenvalue weighted by atomic mass is 79.9. The Morgan fingerprint density at radius 2 is 2.33 bits per heavy atom. The molecule has 0 aromatic carbocycles. The standard InChI is InChI=1S/C9H6BrN3OS/c10-6-4-15-9(13-6)5-2-1-3-12-7(5)8(11)14/h1-4H,(H2,11,14). The Labute approximate surface area is 98.3 Å². The number of halogens is 1. The number of carbonyl (C=O) groups excluding carboxylic acids is 1. The van der Waals surface area contributed by atoms with E-state index >= 15 is 0 Å². The molecule has 15 heavy (non-hydrogen) atoms. The zero-order chi connectivity index (χ0) is 10.8. The van der Waals surface area contributed by atoms with E-state index in [0.717, 1.165) is 9.61 Å². The van der Waals surface area contributed by atoms with E-state index in [1.165, 1.54) is 17.5 Å². The maximum absolute atomic E-state index is 11.1. The van der Waals surface area contributed by atoms with Gasteiger partial charge in [-0.1, -0.05) is 0 Å². The van der Waals surface area contributed by atoms with Gasteiger partial charge in [-0.15, -0.1) is 11.3 Å². The molecule has 0 saturated carbocycles. The molecule has 0 spiro atoms. The first-order valence-corrected chi connectivity index (χ1v) is 5.72. The Morgan fingerprint density at radius 1 is 1.53 bits per heavy atom. The minimum atomic E-state index is -0.545. The summed E-state index contributed by atoms with van der Waals surface area (Å²) in [5, 5.41) is 2.57. The van der Waals surface area contributed by atoms with Crippen molar-refractivity contribution in [3.05, 3.63) is 34.0 Å². The van der Waals surface area contributed by atoms with Gasteiger partial charge >= 0.3 is 0 Å². The molecule has 4 nitrogen and oxygen atoms in total. The molecule has 2 rings (SSSR count). The van der Waals surface area contributed by atoms with Gasteiger partial charge < -0.3 is 5.73 Å². The van der Waals surface area contributed by atoms with Gasteiger partial charge in [0.05, 0.1) is 0 Å². The van der Waals surface area contributed by atoms with E-state index in [4.69, 9.17) is 5.73 Å². The molecule has 2 heterocycles. The van der Waals surface area contributed by atoms with E-state index in [2.05, 4.69) is 25.9 Å². The van der Waals surface area contributed by atoms with Crippen molar-refractivity contribution < 1.29 is 4.79 Å². The molecule has 2 aromatic rings. The molecular weight excluding hydrogens is 278 g/mol. The number of amides is 1. The first-order chi connectivity index (χ1) is 7.18. The Kier molecular flexibility index (Phi) is 2.79. The van der Waals surface area contributed by atoms with Crippen molar-refractivity contribution in [1.29, 1.82) is 0 Å². The SMILES string of the molecule is NC(=O)c1ncccc1-c1nc(Br)cs1. The summed E-state index contributed by atoms with van der Waals surface area (Å²) in [4.78, 5) is 19.3. The lowest BCUT2D eigenvalue weighted by Gasteiger charge is -2.00. The smallest absolute Gasteiger partial charge is 0.268 e. The van der Waals surface area contributed by atoms with Crippen LogP contribution in [0, 0.1) is 0 Å². The fourth-order valence-corrected chi connectivity index (χ4v) is 2.43. The van der Waals surface area contributed by atoms with Crippen LogP contribution in [0.3, 0.4) is 0 Å². The van der Waals surface area contributed by atoms with Crippen LogP contribution in [-0.2, 0) is 0 Å². The molecule has 0 aliphatic heterocycles. The van der Waals surface area contributed by atoms with Crippen molar-refractivity contribution >= 4 is 33.2 Å². The Hall–Kier alpha value is -1.27. The van der Waals surface area contributed by atoms with Crippen LogP contribution in [0.15, 0.2) is 28.3 Å². The third-order valence-corrected chi connectivity index (χ3v) is 3.33. The van der Waals surface area contributed by atoms with Crippen LogP contribution in [0.4, 0.5) is 0 Å². The number of primary amides is 1. The van der Waals surface area contributed by atoms with Crippen LogP contribution >= 0.6 is 27.3 Å². The lowest BCUT2D eigenvalue weighted by Crippen LogP contribution is -2.14. The molecule has 2 N–H and O–H groups in total. The van der Waals surface area contributed by atoms with Gasteiger partial charge in [-0.2, -0.15) is 0 Å². The van der Waals surface area contributed by atoms with E-state index in [0.29, 0.717) is 5.56 Å². The van der Waals surface area contributed by atoms with E-state index in [1.807, 2.05) is 5.38 Å². The first kappa shape index (κ1) is 10.3. The van der Waals surface area contributed by atoms with E-state index < -0.39 is 5.91 Å². The van der Waals surface area contributed by atoms with Crippen molar-refractivity contribution in [3.63, 3.8) is 0 Å². The van der Waals surface area contributed by atoms with Crippen LogP contribution in [-0.4, -0.2) is 15.9 Å². The number of carbonyl (C=O) groups is 1. The molecule has 1 amide bonds. The average molecular weight is 284 g/mol. The summed E-state index contributed by atoms with van der Waals surface area (Å²) in [6.07, 6.45) is 1.53. The third kappa shape index (κ3) is 2.05. The second-order valence-corrected chi connectivity index (χ2v) is 4.41. The number of aromatic nitrogens is 2. The molecule has 0 saturated heterocycles. The molecule has 0 atom stereocenters. The quantitative estimate of drug-likeness (QED) is 0.917. The molecular formula is C9H6BrN3OS. The minimum absolute atomic E-state index is 0.249. The van der Waals surface area contributed by atoms with Gasteiger partial charge in [0, 0.05) is 17.1 Å². The lowest BCUT2D eigenvalue weighted by atomic mass is 10.2. The van der Waals surface area contributed by atoms with Gasteiger partial charge in [0.2, 0.25) is 0 Å². The summed E-state index contributed by atoms with van der Waals surface area (Å²) >= 11 is 4.68. The van der Waals surface area contributed by atoms with Crippen LogP contribution < -0.4 is 5.73 Å². The highest BCUT2D eigenvalue weighted by Gasteiger charge is 2.13. The second-order valence-electron chi connectivity index (χ2n) is 2.74. The number of pyridine rings is 1. The molecule has 2 aromatic heterocycles. The first-order valence-electron chi connectivity index (χ1n) is 4.04. The largest absolute Gasteiger partial charge is 0.364 e. The highest BCUT2D eigenvalue weighted by Crippen LogP contribution is 2.27. The summed E-state index contributed by atoms with van der Waals surface area (Å²) in [6, 6.07) is 3.52. The zero-order valence-electron chi connectivity index (χ0n) is 7.48. The Bertz CT molecular complexity index is 512. The number of nitrogens with two attached hydrogens (primary N) is 1. The Morgan fingerprint density at radius 3 is 2.93 bits per heavy atom. The van der Waals surface area contributed by atoms with Crippen LogP contribution in [0.1, 0.15) is 10.5 Å². The highest BCUT2D eigenvalue weighted by molar-refractivity contribution is 9.10. The number of hydrogen-bond acceptors (Lipinski definition) is 4. The van der Waals surface area contributed by atoms with Gasteiger partial charge in [0.15, 0.2) is 0 Å². The fourth-order valence-electron chi connectivity index (χ4n) is 1.15. The summed E-state index contributed by atoms with van der Waals surface area (Å²) in [5.41, 5.74) is 6.14. The van der Waals surface area contributed by atoms with Crippen molar-refractivity contribution in [2.45, 2.75) is 0 Å². The number of thiazole rings is 1. The topological polar surface area (TPSA) is 68.9 Å². The molecule has 0 fully saturated rings. The molecule has 0 unspecified atom stereocenters. The molecule has 0 radical (unpaired) electrons. The molecule has 0 aliphatic carbocycles. The maximum atomic E-state index is 11.1. The summed E-state index contributed by atoms with van der Waals surface area (Å²) in [7, 11) is 0. The second kappa shape index (κ2) is 4.08. The van der Waals surface area contributed by atoms with Gasteiger partial charge in [0.25, 0.3) is 5.91 Å². The summed E-state index contributed by atoms with van der Waals surface area (Å²) < 4.78 is 0.738. The summed E-state index contributed by atoms with van der Waals surface area (Å²) in [5.74, 6) is -0.545. The van der Waals surface area contributed by atoms with Crippen LogP contribution in [0.25, 0.3) is 10.6 Å². The monoisotopic (exact) mass is 283 g/mol. The fraction of sp³-hybridized carbons (Fsp3) is 0. The van der Waals surface area contributed by atoms with Crippen molar-refractivity contribution in [1.82, 2.24) is 9.97 Å². The normalized spacial score (nSPS) is 10.2. The average Bonchev–Trinajstić information content (AvgIpc) is 2.65. The summed E-state index contributed by atoms with van der Waals surface area (Å²) in [6.45, 7) is 0. The van der Waals surface area contributed by atoms with Crippen molar-refractivity contribution in [2.75, 3.05) is 0 Å². The van der Waals surface area contributed by atoms with Crippen LogP contribution in [0.5, 0.6) is 0 Å².